The standard InChI is InChI=1S/C29H30N6O9/c1-2-13-34(15-16-7-9-20-18(14-16)25(39)33-29(31)32-20)21-6-4-3-5-17(21)26(40)35(22(28(43)44)10-12-24(37)38)23(36)11-8-19(30)27(41)42/h1,3-7,9,14,19,22H,8,10-13,15,30H2,(H,37,38)(H,41,42)(H,43,44)(H3,31,32,33,39)/t19-,22+/m0/s1. The average molecular weight is 607 g/mol. The first-order valence-corrected chi connectivity index (χ1v) is 13.2. The minimum absolute atomic E-state index is 0.0521. The molecule has 1 aromatic heterocycles. The topological polar surface area (TPSA) is 250 Å². The van der Waals surface area contributed by atoms with E-state index >= 15 is 0 Å². The number of nitrogens with two attached hydrogens (primary N) is 2. The van der Waals surface area contributed by atoms with Crippen LogP contribution in [0.3, 0.4) is 0 Å². The van der Waals surface area contributed by atoms with Crippen molar-refractivity contribution < 1.29 is 39.3 Å². The number of hydrogen-bond acceptors (Lipinski definition) is 10. The summed E-state index contributed by atoms with van der Waals surface area (Å²) in [5.41, 5.74) is 11.7. The van der Waals surface area contributed by atoms with E-state index < -0.39 is 73.0 Å². The number of fused-ring (bicyclic) bond motifs is 1. The number of nitrogens with zero attached hydrogens (tertiary/aromatic N) is 3. The molecule has 2 atom stereocenters. The highest BCUT2D eigenvalue weighted by atomic mass is 16.4. The number of nitrogens with one attached hydrogen (secondary N) is 1. The van der Waals surface area contributed by atoms with Crippen molar-refractivity contribution in [2.24, 2.45) is 5.73 Å². The third-order valence-electron chi connectivity index (χ3n) is 6.62. The van der Waals surface area contributed by atoms with Gasteiger partial charge in [0.2, 0.25) is 11.9 Å². The van der Waals surface area contributed by atoms with Gasteiger partial charge >= 0.3 is 17.9 Å². The van der Waals surface area contributed by atoms with Crippen LogP contribution in [0.1, 0.15) is 41.6 Å². The summed E-state index contributed by atoms with van der Waals surface area (Å²) < 4.78 is 0. The number of carbonyl (C=O) groups excluding carboxylic acids is 2. The van der Waals surface area contributed by atoms with E-state index in [0.29, 0.717) is 16.0 Å². The fourth-order valence-corrected chi connectivity index (χ4v) is 4.49. The number of carboxylic acid groups (broad SMARTS) is 3. The lowest BCUT2D eigenvalue weighted by atomic mass is 10.0. The van der Waals surface area contributed by atoms with E-state index in [0.717, 1.165) is 0 Å². The number of benzene rings is 2. The van der Waals surface area contributed by atoms with E-state index in [1.807, 2.05) is 0 Å². The first kappa shape index (κ1) is 32.8. The molecule has 3 rings (SSSR count). The third kappa shape index (κ3) is 7.95. The Labute approximate surface area is 250 Å². The van der Waals surface area contributed by atoms with Crippen molar-refractivity contribution in [1.82, 2.24) is 14.9 Å². The van der Waals surface area contributed by atoms with Gasteiger partial charge in [0.25, 0.3) is 11.5 Å². The Bertz CT molecular complexity index is 1700. The van der Waals surface area contributed by atoms with Gasteiger partial charge in [0.15, 0.2) is 0 Å². The molecule has 3 aromatic rings. The maximum atomic E-state index is 14.0. The van der Waals surface area contributed by atoms with Crippen LogP contribution in [-0.2, 0) is 25.7 Å². The molecule has 0 aliphatic carbocycles. The fraction of sp³-hybridized carbons (Fsp3) is 0.276. The van der Waals surface area contributed by atoms with Gasteiger partial charge in [-0.3, -0.25) is 33.9 Å². The molecular weight excluding hydrogens is 576 g/mol. The smallest absolute Gasteiger partial charge is 0.326 e. The van der Waals surface area contributed by atoms with E-state index in [1.165, 1.54) is 18.2 Å². The van der Waals surface area contributed by atoms with Crippen molar-refractivity contribution in [3.63, 3.8) is 0 Å². The fourth-order valence-electron chi connectivity index (χ4n) is 4.49. The van der Waals surface area contributed by atoms with Gasteiger partial charge in [0, 0.05) is 19.4 Å². The number of para-hydroxylation sites is 1. The zero-order chi connectivity index (χ0) is 32.6. The molecule has 15 heteroatoms. The van der Waals surface area contributed by atoms with Crippen LogP contribution in [0.25, 0.3) is 10.9 Å². The number of hydrogen-bond donors (Lipinski definition) is 6. The monoisotopic (exact) mass is 606 g/mol. The summed E-state index contributed by atoms with van der Waals surface area (Å²) in [6, 6.07) is 7.43. The number of aromatic amines is 1. The molecule has 44 heavy (non-hydrogen) atoms. The number of nitrogen functional groups attached to an aromatic ring is 1. The molecule has 230 valence electrons. The summed E-state index contributed by atoms with van der Waals surface area (Å²) in [7, 11) is 0. The molecule has 15 nitrogen and oxygen atoms in total. The van der Waals surface area contributed by atoms with Crippen LogP contribution in [0.5, 0.6) is 0 Å². The highest BCUT2D eigenvalue weighted by Gasteiger charge is 2.37. The molecule has 2 amide bonds. The van der Waals surface area contributed by atoms with Crippen LogP contribution in [-0.4, -0.2) is 78.5 Å². The van der Waals surface area contributed by atoms with Crippen molar-refractivity contribution in [2.45, 2.75) is 44.3 Å². The summed E-state index contributed by atoms with van der Waals surface area (Å²) >= 11 is 0. The van der Waals surface area contributed by atoms with E-state index in [2.05, 4.69) is 15.9 Å². The van der Waals surface area contributed by atoms with Gasteiger partial charge in [-0.05, 0) is 42.7 Å². The zero-order valence-electron chi connectivity index (χ0n) is 23.3. The molecule has 0 bridgehead atoms. The predicted molar refractivity (Wildman–Crippen MR) is 157 cm³/mol. The molecule has 8 N–H and O–H groups in total. The number of carbonyl (C=O) groups is 5. The SMILES string of the molecule is C#CCN(Cc1ccc2nc(N)[nH]c(=O)c2c1)c1ccccc1C(=O)N(C(=O)CC[C@H](N)C(=O)O)[C@H](CCC(=O)O)C(=O)O. The number of carboxylic acids is 3. The number of aliphatic carboxylic acids is 3. The third-order valence-corrected chi connectivity index (χ3v) is 6.62. The van der Waals surface area contributed by atoms with Gasteiger partial charge in [-0.1, -0.05) is 24.1 Å². The van der Waals surface area contributed by atoms with Crippen LogP contribution in [0.2, 0.25) is 0 Å². The minimum atomic E-state index is -1.88. The normalized spacial score (nSPS) is 12.1. The van der Waals surface area contributed by atoms with Crippen molar-refractivity contribution in [2.75, 3.05) is 17.2 Å². The summed E-state index contributed by atoms with van der Waals surface area (Å²) in [4.78, 5) is 82.9. The van der Waals surface area contributed by atoms with E-state index in [9.17, 15) is 33.9 Å². The van der Waals surface area contributed by atoms with Crippen LogP contribution in [0, 0.1) is 12.3 Å². The second-order valence-corrected chi connectivity index (χ2v) is 9.72. The van der Waals surface area contributed by atoms with Crippen LogP contribution >= 0.6 is 0 Å². The van der Waals surface area contributed by atoms with Crippen molar-refractivity contribution in [3.05, 3.63) is 63.9 Å². The average Bonchev–Trinajstić information content (AvgIpc) is 2.97. The Morgan fingerprint density at radius 2 is 1.70 bits per heavy atom. The van der Waals surface area contributed by atoms with Crippen LogP contribution < -0.4 is 21.9 Å². The van der Waals surface area contributed by atoms with Gasteiger partial charge in [0.1, 0.15) is 12.1 Å². The minimum Gasteiger partial charge on any atom is -0.481 e. The van der Waals surface area contributed by atoms with Crippen LogP contribution in [0.15, 0.2) is 47.3 Å². The van der Waals surface area contributed by atoms with Gasteiger partial charge in [-0.15, -0.1) is 6.42 Å². The Morgan fingerprint density at radius 3 is 2.34 bits per heavy atom. The maximum Gasteiger partial charge on any atom is 0.326 e. The summed E-state index contributed by atoms with van der Waals surface area (Å²) in [6.45, 7) is 0.0124. The Balaban J connectivity index is 2.06. The largest absolute Gasteiger partial charge is 0.481 e. The Kier molecular flexibility index (Phi) is 10.7. The Morgan fingerprint density at radius 1 is 1.00 bits per heavy atom. The summed E-state index contributed by atoms with van der Waals surface area (Å²) in [6.07, 6.45) is 3.34. The van der Waals surface area contributed by atoms with Crippen molar-refractivity contribution >= 4 is 52.3 Å². The van der Waals surface area contributed by atoms with Crippen LogP contribution in [0.4, 0.5) is 11.6 Å². The van der Waals surface area contributed by atoms with E-state index in [-0.39, 0.29) is 35.7 Å². The Hall–Kier alpha value is -5.75. The number of aromatic nitrogens is 2. The summed E-state index contributed by atoms with van der Waals surface area (Å²) in [5.74, 6) is -4.07. The molecule has 0 fully saturated rings. The first-order valence-electron chi connectivity index (χ1n) is 13.2. The molecule has 0 aliphatic rings. The van der Waals surface area contributed by atoms with Crippen molar-refractivity contribution in [3.8, 4) is 12.3 Å². The lowest BCUT2D eigenvalue weighted by Crippen LogP contribution is -2.49. The maximum absolute atomic E-state index is 14.0. The highest BCUT2D eigenvalue weighted by Crippen LogP contribution is 2.27. The summed E-state index contributed by atoms with van der Waals surface area (Å²) in [5, 5.41) is 28.4. The molecule has 0 aliphatic heterocycles. The molecular formula is C29H30N6O9. The molecule has 0 unspecified atom stereocenters. The number of anilines is 2. The van der Waals surface area contributed by atoms with E-state index in [1.54, 1.807) is 29.2 Å². The zero-order valence-corrected chi connectivity index (χ0v) is 23.3. The molecule has 0 saturated heterocycles. The first-order chi connectivity index (χ1) is 20.8. The number of terminal acetylenes is 1. The van der Waals surface area contributed by atoms with Gasteiger partial charge in [-0.2, -0.15) is 0 Å². The quantitative estimate of drug-likeness (QED) is 0.138. The van der Waals surface area contributed by atoms with Gasteiger partial charge < -0.3 is 31.7 Å². The molecule has 0 saturated carbocycles. The van der Waals surface area contributed by atoms with Gasteiger partial charge in [-0.25, -0.2) is 9.78 Å². The second kappa shape index (κ2) is 14.4. The lowest BCUT2D eigenvalue weighted by Gasteiger charge is -2.30. The highest BCUT2D eigenvalue weighted by molar-refractivity contribution is 6.10. The number of imide groups is 1. The number of rotatable bonds is 14. The number of amides is 2. The predicted octanol–water partition coefficient (Wildman–Crippen LogP) is 0.624. The van der Waals surface area contributed by atoms with Gasteiger partial charge in [0.05, 0.1) is 28.7 Å². The molecule has 2 aromatic carbocycles. The molecule has 0 spiro atoms. The second-order valence-electron chi connectivity index (χ2n) is 9.72. The lowest BCUT2D eigenvalue weighted by molar-refractivity contribution is -0.149. The van der Waals surface area contributed by atoms with E-state index in [4.69, 9.17) is 28.1 Å². The number of H-pyrrole nitrogens is 1. The molecule has 1 heterocycles. The van der Waals surface area contributed by atoms with Crippen molar-refractivity contribution in [1.29, 1.82) is 0 Å². The molecule has 0 radical (unpaired) electrons.